The van der Waals surface area contributed by atoms with E-state index in [1.807, 2.05) is 44.2 Å². The Morgan fingerprint density at radius 3 is 2.48 bits per heavy atom. The van der Waals surface area contributed by atoms with E-state index in [2.05, 4.69) is 6.92 Å². The molecular weight excluding hydrogens is 264 g/mol. The van der Waals surface area contributed by atoms with Crippen molar-refractivity contribution < 1.29 is 14.3 Å². The fourth-order valence-corrected chi connectivity index (χ4v) is 2.08. The summed E-state index contributed by atoms with van der Waals surface area (Å²) in [5.74, 6) is 0.708. The summed E-state index contributed by atoms with van der Waals surface area (Å²) in [6.07, 6.45) is 0.909. The van der Waals surface area contributed by atoms with Crippen LogP contribution in [0.15, 0.2) is 42.5 Å². The van der Waals surface area contributed by atoms with E-state index in [4.69, 9.17) is 9.47 Å². The molecule has 0 amide bonds. The maximum absolute atomic E-state index is 12.3. The molecule has 0 aliphatic carbocycles. The van der Waals surface area contributed by atoms with Crippen LogP contribution in [0.25, 0.3) is 0 Å². The first-order valence-electron chi connectivity index (χ1n) is 7.19. The van der Waals surface area contributed by atoms with E-state index in [-0.39, 0.29) is 5.97 Å². The van der Waals surface area contributed by atoms with Crippen LogP contribution in [0.2, 0.25) is 0 Å². The Morgan fingerprint density at radius 1 is 1.05 bits per heavy atom. The summed E-state index contributed by atoms with van der Waals surface area (Å²) in [5.41, 5.74) is 2.61. The number of benzene rings is 2. The molecule has 0 saturated heterocycles. The normalized spacial score (nSPS) is 10.2. The van der Waals surface area contributed by atoms with Crippen molar-refractivity contribution in [2.45, 2.75) is 27.2 Å². The van der Waals surface area contributed by atoms with Crippen molar-refractivity contribution in [2.75, 3.05) is 6.61 Å². The van der Waals surface area contributed by atoms with E-state index in [9.17, 15) is 4.79 Å². The number of hydrogen-bond acceptors (Lipinski definition) is 3. The lowest BCUT2D eigenvalue weighted by Crippen LogP contribution is -2.11. The van der Waals surface area contributed by atoms with Gasteiger partial charge in [0.25, 0.3) is 0 Å². The summed E-state index contributed by atoms with van der Waals surface area (Å²) >= 11 is 0. The van der Waals surface area contributed by atoms with Crippen molar-refractivity contribution >= 4 is 5.97 Å². The fourth-order valence-electron chi connectivity index (χ4n) is 2.08. The highest BCUT2D eigenvalue weighted by atomic mass is 16.6. The Balaban J connectivity index is 2.26. The minimum absolute atomic E-state index is 0.363. The minimum Gasteiger partial charge on any atom is -0.490 e. The second-order valence-corrected chi connectivity index (χ2v) is 4.77. The SMILES string of the molecule is CCOc1cc(CC)ccc1OC(=O)c1ccccc1C. The van der Waals surface area contributed by atoms with E-state index in [1.165, 1.54) is 0 Å². The highest BCUT2D eigenvalue weighted by Gasteiger charge is 2.14. The first-order chi connectivity index (χ1) is 10.2. The number of hydrogen-bond donors (Lipinski definition) is 0. The molecule has 3 nitrogen and oxygen atoms in total. The van der Waals surface area contributed by atoms with Crippen LogP contribution in [0.5, 0.6) is 11.5 Å². The molecule has 0 aliphatic heterocycles. The third-order valence-corrected chi connectivity index (χ3v) is 3.28. The Morgan fingerprint density at radius 2 is 1.81 bits per heavy atom. The van der Waals surface area contributed by atoms with Gasteiger partial charge in [-0.15, -0.1) is 0 Å². The summed E-state index contributed by atoms with van der Waals surface area (Å²) in [4.78, 5) is 12.3. The van der Waals surface area contributed by atoms with Gasteiger partial charge in [-0.25, -0.2) is 4.79 Å². The van der Waals surface area contributed by atoms with Crippen LogP contribution in [-0.4, -0.2) is 12.6 Å². The lowest BCUT2D eigenvalue weighted by atomic mass is 10.1. The second kappa shape index (κ2) is 6.93. The maximum Gasteiger partial charge on any atom is 0.343 e. The second-order valence-electron chi connectivity index (χ2n) is 4.77. The molecule has 0 atom stereocenters. The summed E-state index contributed by atoms with van der Waals surface area (Å²) in [6.45, 7) is 6.40. The summed E-state index contributed by atoms with van der Waals surface area (Å²) in [5, 5.41) is 0. The van der Waals surface area contributed by atoms with Crippen molar-refractivity contribution in [3.8, 4) is 11.5 Å². The minimum atomic E-state index is -0.363. The van der Waals surface area contributed by atoms with E-state index < -0.39 is 0 Å². The average molecular weight is 284 g/mol. The molecule has 0 unspecified atom stereocenters. The van der Waals surface area contributed by atoms with Gasteiger partial charge in [0, 0.05) is 0 Å². The molecule has 110 valence electrons. The van der Waals surface area contributed by atoms with Gasteiger partial charge in [-0.2, -0.15) is 0 Å². The van der Waals surface area contributed by atoms with E-state index >= 15 is 0 Å². The van der Waals surface area contributed by atoms with Gasteiger partial charge in [-0.1, -0.05) is 31.2 Å². The van der Waals surface area contributed by atoms with Crippen LogP contribution in [0, 0.1) is 6.92 Å². The molecule has 0 saturated carbocycles. The topological polar surface area (TPSA) is 35.5 Å². The Labute approximate surface area is 125 Å². The third-order valence-electron chi connectivity index (χ3n) is 3.28. The highest BCUT2D eigenvalue weighted by molar-refractivity contribution is 5.92. The zero-order valence-electron chi connectivity index (χ0n) is 12.7. The van der Waals surface area contributed by atoms with Crippen molar-refractivity contribution in [3.05, 3.63) is 59.2 Å². The molecule has 0 spiro atoms. The zero-order valence-corrected chi connectivity index (χ0v) is 12.7. The highest BCUT2D eigenvalue weighted by Crippen LogP contribution is 2.29. The van der Waals surface area contributed by atoms with Gasteiger partial charge >= 0.3 is 5.97 Å². The van der Waals surface area contributed by atoms with Gasteiger partial charge in [0.05, 0.1) is 12.2 Å². The van der Waals surface area contributed by atoms with E-state index in [0.29, 0.717) is 23.7 Å². The number of carbonyl (C=O) groups excluding carboxylic acids is 1. The standard InChI is InChI=1S/C18H20O3/c1-4-14-10-11-16(17(12-14)20-5-2)21-18(19)15-9-7-6-8-13(15)3/h6-12H,4-5H2,1-3H3. The van der Waals surface area contributed by atoms with Gasteiger partial charge in [0.15, 0.2) is 11.5 Å². The molecule has 2 aromatic rings. The molecule has 0 aromatic heterocycles. The first-order valence-corrected chi connectivity index (χ1v) is 7.19. The molecule has 2 rings (SSSR count). The molecule has 0 heterocycles. The first kappa shape index (κ1) is 15.1. The Hall–Kier alpha value is -2.29. The third kappa shape index (κ3) is 3.63. The largest absolute Gasteiger partial charge is 0.490 e. The summed E-state index contributed by atoms with van der Waals surface area (Å²) in [7, 11) is 0. The molecule has 0 N–H and O–H groups in total. The van der Waals surface area contributed by atoms with Crippen LogP contribution < -0.4 is 9.47 Å². The maximum atomic E-state index is 12.3. The van der Waals surface area contributed by atoms with Gasteiger partial charge in [0.1, 0.15) is 0 Å². The van der Waals surface area contributed by atoms with E-state index in [0.717, 1.165) is 17.5 Å². The molecular formula is C18H20O3. The van der Waals surface area contributed by atoms with Crippen LogP contribution >= 0.6 is 0 Å². The number of esters is 1. The van der Waals surface area contributed by atoms with Crippen LogP contribution in [-0.2, 0) is 6.42 Å². The zero-order chi connectivity index (χ0) is 15.2. The lowest BCUT2D eigenvalue weighted by molar-refractivity contribution is 0.0727. The van der Waals surface area contributed by atoms with Crippen molar-refractivity contribution in [1.29, 1.82) is 0 Å². The fraction of sp³-hybridized carbons (Fsp3) is 0.278. The summed E-state index contributed by atoms with van der Waals surface area (Å²) < 4.78 is 11.1. The molecule has 0 fully saturated rings. The monoisotopic (exact) mass is 284 g/mol. The quantitative estimate of drug-likeness (QED) is 0.610. The van der Waals surface area contributed by atoms with Crippen LogP contribution in [0.1, 0.15) is 35.3 Å². The predicted molar refractivity (Wildman–Crippen MR) is 83.1 cm³/mol. The van der Waals surface area contributed by atoms with Crippen molar-refractivity contribution in [1.82, 2.24) is 0 Å². The smallest absolute Gasteiger partial charge is 0.343 e. The predicted octanol–water partition coefficient (Wildman–Crippen LogP) is 4.18. The van der Waals surface area contributed by atoms with E-state index in [1.54, 1.807) is 12.1 Å². The number of carbonyl (C=O) groups is 1. The van der Waals surface area contributed by atoms with Gasteiger partial charge in [0.2, 0.25) is 0 Å². The molecule has 2 aromatic carbocycles. The number of aryl methyl sites for hydroxylation is 2. The number of rotatable bonds is 5. The lowest BCUT2D eigenvalue weighted by Gasteiger charge is -2.12. The van der Waals surface area contributed by atoms with Crippen LogP contribution in [0.4, 0.5) is 0 Å². The molecule has 21 heavy (non-hydrogen) atoms. The molecule has 0 bridgehead atoms. The molecule has 0 radical (unpaired) electrons. The number of ether oxygens (including phenoxy) is 2. The summed E-state index contributed by atoms with van der Waals surface area (Å²) in [6, 6.07) is 13.0. The van der Waals surface area contributed by atoms with Gasteiger partial charge < -0.3 is 9.47 Å². The Bertz CT molecular complexity index is 632. The van der Waals surface area contributed by atoms with Gasteiger partial charge in [-0.3, -0.25) is 0 Å². The molecule has 0 aliphatic rings. The van der Waals surface area contributed by atoms with Crippen LogP contribution in [0.3, 0.4) is 0 Å². The van der Waals surface area contributed by atoms with Crippen molar-refractivity contribution in [2.24, 2.45) is 0 Å². The average Bonchev–Trinajstić information content (AvgIpc) is 2.49. The Kier molecular flexibility index (Phi) is 4.99. The van der Waals surface area contributed by atoms with Gasteiger partial charge in [-0.05, 0) is 49.6 Å². The van der Waals surface area contributed by atoms with Crippen molar-refractivity contribution in [3.63, 3.8) is 0 Å². The molecule has 3 heteroatoms.